The van der Waals surface area contributed by atoms with Crippen LogP contribution in [0.15, 0.2) is 18.3 Å². The molecule has 26 heavy (non-hydrogen) atoms. The van der Waals surface area contributed by atoms with Gasteiger partial charge in [0.2, 0.25) is 5.91 Å². The lowest BCUT2D eigenvalue weighted by atomic mass is 9.94. The lowest BCUT2D eigenvalue weighted by Gasteiger charge is -2.24. The summed E-state index contributed by atoms with van der Waals surface area (Å²) < 4.78 is 2.66. The zero-order chi connectivity index (χ0) is 18.7. The molecule has 3 rings (SSSR count). The maximum absolute atomic E-state index is 12.7. The number of rotatable bonds is 6. The predicted octanol–water partition coefficient (Wildman–Crippen LogP) is 2.66. The van der Waals surface area contributed by atoms with E-state index in [1.54, 1.807) is 6.20 Å². The number of nitrogens with one attached hydrogen (secondary N) is 2. The number of nitrogens with zero attached hydrogens (tertiary/aromatic N) is 2. The fourth-order valence-electron chi connectivity index (χ4n) is 3.27. The number of aryl methyl sites for hydroxylation is 1. The number of carbonyl (C=O) groups excluding carboxylic acids is 2. The average molecular weight is 395 g/mol. The Morgan fingerprint density at radius 2 is 2.27 bits per heavy atom. The van der Waals surface area contributed by atoms with E-state index in [9.17, 15) is 9.59 Å². The Hall–Kier alpha value is -1.86. The molecule has 2 amide bonds. The van der Waals surface area contributed by atoms with Crippen molar-refractivity contribution in [3.8, 4) is 0 Å². The number of aromatic nitrogens is 2. The molecule has 2 N–H and O–H groups in total. The molecule has 2 aromatic heterocycles. The van der Waals surface area contributed by atoms with Gasteiger partial charge in [0, 0.05) is 37.4 Å². The second-order valence-electron chi connectivity index (χ2n) is 6.81. The van der Waals surface area contributed by atoms with Crippen LogP contribution in [0.4, 0.5) is 0 Å². The van der Waals surface area contributed by atoms with Crippen molar-refractivity contribution in [1.82, 2.24) is 20.4 Å². The van der Waals surface area contributed by atoms with Gasteiger partial charge < -0.3 is 10.6 Å². The highest BCUT2D eigenvalue weighted by Gasteiger charge is 2.26. The maximum atomic E-state index is 12.7. The van der Waals surface area contributed by atoms with Gasteiger partial charge in [-0.25, -0.2) is 0 Å². The average Bonchev–Trinajstić information content (AvgIpc) is 3.18. The summed E-state index contributed by atoms with van der Waals surface area (Å²) in [6.07, 6.45) is 4.10. The van der Waals surface area contributed by atoms with Crippen LogP contribution < -0.4 is 10.6 Å². The van der Waals surface area contributed by atoms with Crippen LogP contribution in [0.3, 0.4) is 0 Å². The fraction of sp³-hybridized carbons (Fsp3) is 0.500. The van der Waals surface area contributed by atoms with Crippen molar-refractivity contribution in [3.05, 3.63) is 38.8 Å². The van der Waals surface area contributed by atoms with Crippen LogP contribution in [0.2, 0.25) is 4.34 Å². The first kappa shape index (κ1) is 18.9. The van der Waals surface area contributed by atoms with Gasteiger partial charge in [-0.2, -0.15) is 5.10 Å². The van der Waals surface area contributed by atoms with Gasteiger partial charge in [-0.05, 0) is 37.8 Å². The van der Waals surface area contributed by atoms with Crippen LogP contribution in [0.5, 0.6) is 0 Å². The first-order valence-electron chi connectivity index (χ1n) is 8.76. The summed E-state index contributed by atoms with van der Waals surface area (Å²) in [6.45, 7) is 4.92. The van der Waals surface area contributed by atoms with Gasteiger partial charge in [0.1, 0.15) is 0 Å². The van der Waals surface area contributed by atoms with Crippen molar-refractivity contribution in [2.45, 2.75) is 45.7 Å². The first-order valence-corrected chi connectivity index (χ1v) is 9.96. The molecule has 0 saturated heterocycles. The second-order valence-corrected chi connectivity index (χ2v) is 8.61. The molecule has 0 aromatic carbocycles. The number of hydrogen-bond acceptors (Lipinski definition) is 4. The number of hydrogen-bond donors (Lipinski definition) is 2. The van der Waals surface area contributed by atoms with E-state index in [-0.39, 0.29) is 17.9 Å². The van der Waals surface area contributed by atoms with Gasteiger partial charge >= 0.3 is 0 Å². The molecule has 0 aliphatic carbocycles. The Balaban J connectivity index is 1.62. The normalized spacial score (nSPS) is 17.4. The van der Waals surface area contributed by atoms with Crippen molar-refractivity contribution in [1.29, 1.82) is 0 Å². The lowest BCUT2D eigenvalue weighted by Crippen LogP contribution is -2.36. The number of thiophene rings is 1. The molecule has 3 heterocycles. The molecule has 2 aromatic rings. The fourth-order valence-corrected chi connectivity index (χ4v) is 4.48. The van der Waals surface area contributed by atoms with Gasteiger partial charge in [0.05, 0.1) is 21.8 Å². The molecule has 1 aliphatic rings. The Labute approximate surface area is 161 Å². The Morgan fingerprint density at radius 3 is 2.96 bits per heavy atom. The molecule has 0 saturated carbocycles. The summed E-state index contributed by atoms with van der Waals surface area (Å²) >= 11 is 7.50. The number of carbonyl (C=O) groups is 2. The van der Waals surface area contributed by atoms with Crippen LogP contribution >= 0.6 is 22.9 Å². The van der Waals surface area contributed by atoms with Crippen LogP contribution in [-0.4, -0.2) is 34.2 Å². The van der Waals surface area contributed by atoms with Crippen LogP contribution in [0, 0.1) is 5.92 Å². The topological polar surface area (TPSA) is 76.0 Å². The maximum Gasteiger partial charge on any atom is 0.254 e. The Kier molecular flexibility index (Phi) is 5.98. The smallest absolute Gasteiger partial charge is 0.254 e. The van der Waals surface area contributed by atoms with E-state index in [1.165, 1.54) is 18.3 Å². The summed E-state index contributed by atoms with van der Waals surface area (Å²) in [5.41, 5.74) is 1.59. The summed E-state index contributed by atoms with van der Waals surface area (Å²) in [7, 11) is 0. The first-order chi connectivity index (χ1) is 12.4. The Morgan fingerprint density at radius 1 is 1.46 bits per heavy atom. The van der Waals surface area contributed by atoms with Crippen molar-refractivity contribution >= 4 is 34.8 Å². The van der Waals surface area contributed by atoms with E-state index in [2.05, 4.69) is 15.7 Å². The van der Waals surface area contributed by atoms with Crippen LogP contribution in [-0.2, 0) is 24.2 Å². The third-order valence-electron chi connectivity index (χ3n) is 4.58. The third-order valence-corrected chi connectivity index (χ3v) is 5.83. The quantitative estimate of drug-likeness (QED) is 0.790. The van der Waals surface area contributed by atoms with E-state index in [1.807, 2.05) is 23.7 Å². The Bertz CT molecular complexity index is 801. The molecular weight excluding hydrogens is 372 g/mol. The summed E-state index contributed by atoms with van der Waals surface area (Å²) in [5, 5.41) is 10.3. The van der Waals surface area contributed by atoms with Gasteiger partial charge in [0.15, 0.2) is 0 Å². The monoisotopic (exact) mass is 394 g/mol. The van der Waals surface area contributed by atoms with Crippen molar-refractivity contribution in [3.63, 3.8) is 0 Å². The minimum absolute atomic E-state index is 0.00605. The summed E-state index contributed by atoms with van der Waals surface area (Å²) in [5.74, 6) is 0.214. The molecule has 140 valence electrons. The van der Waals surface area contributed by atoms with Gasteiger partial charge in [-0.1, -0.05) is 11.6 Å². The number of amides is 2. The minimum Gasteiger partial charge on any atom is -0.356 e. The highest BCUT2D eigenvalue weighted by molar-refractivity contribution is 7.16. The molecule has 0 fully saturated rings. The van der Waals surface area contributed by atoms with Gasteiger partial charge in [0.25, 0.3) is 5.91 Å². The SMILES string of the molecule is CC(=O)NCC1CCn2ncc(C(=O)NC(C)Cc3ccc(Cl)s3)c2C1. The van der Waals surface area contributed by atoms with E-state index in [0.717, 1.165) is 40.7 Å². The van der Waals surface area contributed by atoms with E-state index in [4.69, 9.17) is 11.6 Å². The van der Waals surface area contributed by atoms with Gasteiger partial charge in [-0.15, -0.1) is 11.3 Å². The minimum atomic E-state index is -0.0958. The van der Waals surface area contributed by atoms with Gasteiger partial charge in [-0.3, -0.25) is 14.3 Å². The van der Waals surface area contributed by atoms with E-state index >= 15 is 0 Å². The summed E-state index contributed by atoms with van der Waals surface area (Å²) in [6, 6.07) is 3.87. The lowest BCUT2D eigenvalue weighted by molar-refractivity contribution is -0.119. The predicted molar refractivity (Wildman–Crippen MR) is 103 cm³/mol. The zero-order valence-electron chi connectivity index (χ0n) is 14.9. The molecule has 0 spiro atoms. The standard InChI is InChI=1S/C18H23ClN4O2S/c1-11(7-14-3-4-17(19)26-14)22-18(25)15-10-21-23-6-5-13(8-16(15)23)9-20-12(2)24/h3-4,10-11,13H,5-9H2,1-2H3,(H,20,24)(H,22,25). The van der Waals surface area contributed by atoms with E-state index in [0.29, 0.717) is 18.0 Å². The molecular formula is C18H23ClN4O2S. The number of fused-ring (bicyclic) bond motifs is 1. The van der Waals surface area contributed by atoms with Crippen molar-refractivity contribution < 1.29 is 9.59 Å². The van der Waals surface area contributed by atoms with Crippen molar-refractivity contribution in [2.24, 2.45) is 5.92 Å². The zero-order valence-corrected chi connectivity index (χ0v) is 16.5. The third kappa shape index (κ3) is 4.65. The molecule has 0 radical (unpaired) electrons. The molecule has 2 unspecified atom stereocenters. The largest absolute Gasteiger partial charge is 0.356 e. The number of halogens is 1. The highest BCUT2D eigenvalue weighted by atomic mass is 35.5. The molecule has 1 aliphatic heterocycles. The molecule has 8 heteroatoms. The summed E-state index contributed by atoms with van der Waals surface area (Å²) in [4.78, 5) is 25.0. The molecule has 2 atom stereocenters. The van der Waals surface area contributed by atoms with Crippen molar-refractivity contribution in [2.75, 3.05) is 6.54 Å². The highest BCUT2D eigenvalue weighted by Crippen LogP contribution is 2.24. The van der Waals surface area contributed by atoms with Crippen LogP contribution in [0.25, 0.3) is 0 Å². The van der Waals surface area contributed by atoms with Crippen LogP contribution in [0.1, 0.15) is 41.2 Å². The molecule has 0 bridgehead atoms. The second kappa shape index (κ2) is 8.22. The molecule has 6 nitrogen and oxygen atoms in total. The van der Waals surface area contributed by atoms with E-state index < -0.39 is 0 Å².